The average molecular weight is 401 g/mol. The van der Waals surface area contributed by atoms with Crippen LogP contribution < -0.4 is 5.32 Å². The summed E-state index contributed by atoms with van der Waals surface area (Å²) in [5, 5.41) is 3.10. The summed E-state index contributed by atoms with van der Waals surface area (Å²) >= 11 is 1.87. The molecule has 2 atom stereocenters. The summed E-state index contributed by atoms with van der Waals surface area (Å²) in [6.07, 6.45) is 4.83. The highest BCUT2D eigenvalue weighted by molar-refractivity contribution is 7.99. The number of carbonyl (C=O) groups excluding carboxylic acids is 1. The number of hydrogen-bond donors (Lipinski definition) is 1. The quantitative estimate of drug-likeness (QED) is 0.813. The highest BCUT2D eigenvalue weighted by atomic mass is 32.2. The maximum atomic E-state index is 14.1. The zero-order chi connectivity index (χ0) is 19.3. The van der Waals surface area contributed by atoms with E-state index in [4.69, 9.17) is 0 Å². The summed E-state index contributed by atoms with van der Waals surface area (Å²) in [6, 6.07) is 3.50. The Morgan fingerprint density at radius 2 is 1.86 bits per heavy atom. The molecule has 2 aliphatic carbocycles. The van der Waals surface area contributed by atoms with Crippen molar-refractivity contribution in [2.24, 2.45) is 0 Å². The molecule has 2 heterocycles. The Bertz CT molecular complexity index is 945. The van der Waals surface area contributed by atoms with E-state index in [1.54, 1.807) is 6.20 Å². The molecule has 1 aromatic heterocycles. The van der Waals surface area contributed by atoms with E-state index >= 15 is 0 Å². The fraction of sp³-hybridized carbons (Fsp3) is 0.429. The Balaban J connectivity index is 1.53. The topological polar surface area (TPSA) is 45.2 Å². The van der Waals surface area contributed by atoms with E-state index in [2.05, 4.69) is 10.3 Å². The number of thioether (sulfide) groups is 1. The lowest BCUT2D eigenvalue weighted by Gasteiger charge is -2.28. The molecule has 2 aromatic rings. The summed E-state index contributed by atoms with van der Waals surface area (Å²) in [4.78, 5) is 19.6. The van der Waals surface area contributed by atoms with Crippen LogP contribution in [0.5, 0.6) is 0 Å². The molecule has 1 N–H and O–H groups in total. The first-order valence-corrected chi connectivity index (χ1v) is 10.9. The van der Waals surface area contributed by atoms with Gasteiger partial charge in [0.05, 0.1) is 17.6 Å². The van der Waals surface area contributed by atoms with E-state index in [0.29, 0.717) is 17.5 Å². The van der Waals surface area contributed by atoms with Crippen LogP contribution in [-0.2, 0) is 0 Å². The molecule has 146 valence electrons. The van der Waals surface area contributed by atoms with Crippen molar-refractivity contribution in [3.05, 3.63) is 52.9 Å². The van der Waals surface area contributed by atoms with Gasteiger partial charge in [-0.05, 0) is 54.4 Å². The number of anilines is 2. The van der Waals surface area contributed by atoms with Crippen LogP contribution in [0.3, 0.4) is 0 Å². The van der Waals surface area contributed by atoms with Crippen molar-refractivity contribution >= 4 is 29.0 Å². The maximum Gasteiger partial charge on any atom is 0.272 e. The first-order valence-electron chi connectivity index (χ1n) is 9.73. The second kappa shape index (κ2) is 7.03. The van der Waals surface area contributed by atoms with E-state index in [1.807, 2.05) is 16.7 Å². The largest absolute Gasteiger partial charge is 0.352 e. The summed E-state index contributed by atoms with van der Waals surface area (Å²) in [7, 11) is 0. The van der Waals surface area contributed by atoms with Crippen LogP contribution in [0.25, 0.3) is 0 Å². The van der Waals surface area contributed by atoms with E-state index in [0.717, 1.165) is 66.7 Å². The molecule has 3 aliphatic rings. The van der Waals surface area contributed by atoms with Gasteiger partial charge in [-0.1, -0.05) is 0 Å². The Morgan fingerprint density at radius 1 is 1.11 bits per heavy atom. The number of benzene rings is 1. The van der Waals surface area contributed by atoms with Crippen molar-refractivity contribution in [1.29, 1.82) is 0 Å². The summed E-state index contributed by atoms with van der Waals surface area (Å²) in [5.74, 6) is 1.42. The minimum absolute atomic E-state index is 0.0172. The second-order valence-corrected chi connectivity index (χ2v) is 8.93. The van der Waals surface area contributed by atoms with Crippen molar-refractivity contribution in [3.8, 4) is 0 Å². The van der Waals surface area contributed by atoms with Crippen molar-refractivity contribution < 1.29 is 13.6 Å². The van der Waals surface area contributed by atoms with Crippen LogP contribution in [0.15, 0.2) is 24.4 Å². The zero-order valence-electron chi connectivity index (χ0n) is 15.4. The highest BCUT2D eigenvalue weighted by Crippen LogP contribution is 2.56. The normalized spacial score (nSPS) is 23.0. The van der Waals surface area contributed by atoms with Crippen molar-refractivity contribution in [1.82, 2.24) is 9.88 Å². The Labute approximate surface area is 166 Å². The van der Waals surface area contributed by atoms with Gasteiger partial charge < -0.3 is 10.2 Å². The number of fused-ring (bicyclic) bond motifs is 5. The third-order valence-electron chi connectivity index (χ3n) is 6.11. The fourth-order valence-corrected chi connectivity index (χ4v) is 5.73. The molecular weight excluding hydrogens is 380 g/mol. The smallest absolute Gasteiger partial charge is 0.272 e. The van der Waals surface area contributed by atoms with Gasteiger partial charge in [-0.2, -0.15) is 11.8 Å². The molecule has 0 spiro atoms. The monoisotopic (exact) mass is 401 g/mol. The van der Waals surface area contributed by atoms with Crippen LogP contribution in [0, 0.1) is 11.6 Å². The van der Waals surface area contributed by atoms with Gasteiger partial charge in [0.25, 0.3) is 5.91 Å². The number of aromatic nitrogens is 1. The third kappa shape index (κ3) is 2.96. The number of nitrogens with one attached hydrogen (secondary N) is 1. The second-order valence-electron chi connectivity index (χ2n) is 7.71. The van der Waals surface area contributed by atoms with Crippen molar-refractivity contribution in [3.63, 3.8) is 0 Å². The van der Waals surface area contributed by atoms with E-state index in [1.165, 1.54) is 12.1 Å². The van der Waals surface area contributed by atoms with E-state index < -0.39 is 11.6 Å². The summed E-state index contributed by atoms with van der Waals surface area (Å²) < 4.78 is 27.4. The third-order valence-corrected chi connectivity index (χ3v) is 7.05. The molecule has 2 fully saturated rings. The maximum absolute atomic E-state index is 14.1. The average Bonchev–Trinajstić information content (AvgIpc) is 3.33. The van der Waals surface area contributed by atoms with Gasteiger partial charge in [-0.15, -0.1) is 0 Å². The van der Waals surface area contributed by atoms with Crippen molar-refractivity contribution in [2.45, 2.75) is 31.1 Å². The Kier molecular flexibility index (Phi) is 4.50. The number of amides is 1. The molecule has 28 heavy (non-hydrogen) atoms. The number of halogens is 2. The predicted octanol–water partition coefficient (Wildman–Crippen LogP) is 4.66. The molecule has 1 amide bonds. The van der Waals surface area contributed by atoms with Gasteiger partial charge in [0.2, 0.25) is 0 Å². The number of carbonyl (C=O) groups is 1. The van der Waals surface area contributed by atoms with Crippen LogP contribution >= 0.6 is 11.8 Å². The molecule has 1 saturated carbocycles. The number of hydrogen-bond acceptors (Lipinski definition) is 4. The van der Waals surface area contributed by atoms with Crippen LogP contribution in [-0.4, -0.2) is 40.4 Å². The zero-order valence-corrected chi connectivity index (χ0v) is 16.2. The molecule has 7 heteroatoms. The van der Waals surface area contributed by atoms with Gasteiger partial charge in [-0.3, -0.25) is 4.79 Å². The van der Waals surface area contributed by atoms with Crippen LogP contribution in [0.4, 0.5) is 20.2 Å². The molecular formula is C21H21F2N3OS. The lowest BCUT2D eigenvalue weighted by Crippen LogP contribution is -2.39. The van der Waals surface area contributed by atoms with Gasteiger partial charge >= 0.3 is 0 Å². The molecule has 4 nitrogen and oxygen atoms in total. The molecule has 2 bridgehead atoms. The van der Waals surface area contributed by atoms with E-state index in [-0.39, 0.29) is 11.6 Å². The van der Waals surface area contributed by atoms with E-state index in [9.17, 15) is 13.6 Å². The van der Waals surface area contributed by atoms with Crippen LogP contribution in [0.2, 0.25) is 0 Å². The molecule has 1 saturated heterocycles. The standard InChI is InChI=1S/C21H21F2N3OS/c22-14-3-4-16(15(23)10-14)25-17-11-24-20(21(27)26-5-7-28-8-6-26)19-13-2-1-12(9-13)18(17)19/h3-4,10-13,25H,1-2,5-9H2. The number of nitrogens with zero attached hydrogens (tertiary/aromatic N) is 2. The summed E-state index contributed by atoms with van der Waals surface area (Å²) in [5.41, 5.74) is 3.68. The van der Waals surface area contributed by atoms with Gasteiger partial charge in [0, 0.05) is 30.7 Å². The highest BCUT2D eigenvalue weighted by Gasteiger charge is 2.42. The summed E-state index contributed by atoms with van der Waals surface area (Å²) in [6.45, 7) is 1.52. The van der Waals surface area contributed by atoms with Crippen LogP contribution in [0.1, 0.15) is 52.7 Å². The molecule has 1 aliphatic heterocycles. The lowest BCUT2D eigenvalue weighted by atomic mass is 9.89. The molecule has 2 unspecified atom stereocenters. The Hall–Kier alpha value is -2.15. The Morgan fingerprint density at radius 3 is 2.61 bits per heavy atom. The predicted molar refractivity (Wildman–Crippen MR) is 106 cm³/mol. The molecule has 1 aromatic carbocycles. The fourth-order valence-electron chi connectivity index (χ4n) is 4.82. The van der Waals surface area contributed by atoms with Gasteiger partial charge in [0.15, 0.2) is 0 Å². The minimum atomic E-state index is -0.636. The molecule has 0 radical (unpaired) electrons. The minimum Gasteiger partial charge on any atom is -0.352 e. The SMILES string of the molecule is O=C(c1ncc(Nc2ccc(F)cc2F)c2c1C1CCC2C1)N1CCSCC1. The first-order chi connectivity index (χ1) is 13.6. The molecule has 5 rings (SSSR count). The first kappa shape index (κ1) is 17.9. The van der Waals surface area contributed by atoms with Crippen molar-refractivity contribution in [2.75, 3.05) is 29.9 Å². The van der Waals surface area contributed by atoms with Gasteiger partial charge in [-0.25, -0.2) is 13.8 Å². The van der Waals surface area contributed by atoms with Gasteiger partial charge in [0.1, 0.15) is 17.3 Å². The lowest BCUT2D eigenvalue weighted by molar-refractivity contribution is 0.0764. The number of pyridine rings is 1. The number of rotatable bonds is 3.